The standard InChI is InChI=1S/C19H21NO6/c1-11-6-5-7-13(8-11)26-12(2)18(21)20-15-10-17(25-4)16(24-3)9-14(15)19(22)23/h5-10,12H,1-4H3,(H,20,21)(H,22,23)/p-1/t12-/m0/s1. The number of hydrogen-bond donors (Lipinski definition) is 1. The summed E-state index contributed by atoms with van der Waals surface area (Å²) in [5.41, 5.74) is 0.806. The maximum absolute atomic E-state index is 12.4. The summed E-state index contributed by atoms with van der Waals surface area (Å²) in [5, 5.41) is 13.9. The number of benzene rings is 2. The molecule has 7 nitrogen and oxygen atoms in total. The Morgan fingerprint density at radius 3 is 2.31 bits per heavy atom. The molecule has 0 aliphatic rings. The van der Waals surface area contributed by atoms with Gasteiger partial charge in [-0.1, -0.05) is 12.1 Å². The molecule has 1 amide bonds. The minimum absolute atomic E-state index is 0.0346. The molecule has 0 saturated carbocycles. The molecular formula is C19H20NO6-. The van der Waals surface area contributed by atoms with E-state index in [0.717, 1.165) is 5.56 Å². The van der Waals surface area contributed by atoms with E-state index in [1.807, 2.05) is 19.1 Å². The van der Waals surface area contributed by atoms with Crippen molar-refractivity contribution in [2.75, 3.05) is 19.5 Å². The van der Waals surface area contributed by atoms with Gasteiger partial charge in [-0.25, -0.2) is 0 Å². The summed E-state index contributed by atoms with van der Waals surface area (Å²) in [7, 11) is 2.79. The Morgan fingerprint density at radius 1 is 1.08 bits per heavy atom. The first-order valence-electron chi connectivity index (χ1n) is 7.87. The largest absolute Gasteiger partial charge is 0.545 e. The molecule has 1 atom stereocenters. The maximum atomic E-state index is 12.4. The molecule has 0 unspecified atom stereocenters. The third kappa shape index (κ3) is 4.44. The summed E-state index contributed by atoms with van der Waals surface area (Å²) in [6.07, 6.45) is -0.848. The fraction of sp³-hybridized carbons (Fsp3) is 0.263. The van der Waals surface area contributed by atoms with Gasteiger partial charge in [-0.15, -0.1) is 0 Å². The minimum Gasteiger partial charge on any atom is -0.545 e. The Balaban J connectivity index is 2.22. The molecule has 0 fully saturated rings. The van der Waals surface area contributed by atoms with Crippen LogP contribution in [0, 0.1) is 6.92 Å². The fourth-order valence-electron chi connectivity index (χ4n) is 2.33. The molecule has 1 N–H and O–H groups in total. The molecule has 0 bridgehead atoms. The van der Waals surface area contributed by atoms with Crippen LogP contribution < -0.4 is 24.6 Å². The van der Waals surface area contributed by atoms with E-state index in [1.165, 1.54) is 26.4 Å². The predicted molar refractivity (Wildman–Crippen MR) is 93.8 cm³/mol. The zero-order valence-electron chi connectivity index (χ0n) is 15.0. The summed E-state index contributed by atoms with van der Waals surface area (Å²) in [5.74, 6) is -0.927. The van der Waals surface area contributed by atoms with Crippen LogP contribution in [0.2, 0.25) is 0 Å². The number of carbonyl (C=O) groups is 2. The van der Waals surface area contributed by atoms with Gasteiger partial charge in [0.05, 0.1) is 25.9 Å². The van der Waals surface area contributed by atoms with Gasteiger partial charge in [-0.2, -0.15) is 0 Å². The summed E-state index contributed by atoms with van der Waals surface area (Å²) < 4.78 is 15.8. The summed E-state index contributed by atoms with van der Waals surface area (Å²) in [6, 6.07) is 9.86. The first kappa shape index (κ1) is 19.1. The van der Waals surface area contributed by atoms with E-state index in [-0.39, 0.29) is 22.7 Å². The van der Waals surface area contributed by atoms with E-state index in [1.54, 1.807) is 19.1 Å². The highest BCUT2D eigenvalue weighted by molar-refractivity contribution is 6.02. The number of ether oxygens (including phenoxy) is 3. The zero-order valence-corrected chi connectivity index (χ0v) is 15.0. The molecule has 26 heavy (non-hydrogen) atoms. The lowest BCUT2D eigenvalue weighted by Gasteiger charge is -2.19. The highest BCUT2D eigenvalue weighted by atomic mass is 16.5. The van der Waals surface area contributed by atoms with E-state index in [9.17, 15) is 14.7 Å². The molecule has 0 aliphatic heterocycles. The van der Waals surface area contributed by atoms with E-state index in [2.05, 4.69) is 5.32 Å². The third-order valence-corrected chi connectivity index (χ3v) is 3.67. The molecular weight excluding hydrogens is 338 g/mol. The van der Waals surface area contributed by atoms with Crippen molar-refractivity contribution in [3.05, 3.63) is 47.5 Å². The molecule has 0 heterocycles. The summed E-state index contributed by atoms with van der Waals surface area (Å²) in [6.45, 7) is 3.48. The van der Waals surface area contributed by atoms with Crippen molar-refractivity contribution < 1.29 is 28.9 Å². The van der Waals surface area contributed by atoms with Gasteiger partial charge in [0.2, 0.25) is 0 Å². The van der Waals surface area contributed by atoms with Crippen molar-refractivity contribution in [2.45, 2.75) is 20.0 Å². The lowest BCUT2D eigenvalue weighted by Crippen LogP contribution is -2.32. The second-order valence-electron chi connectivity index (χ2n) is 5.61. The number of carboxylic acids is 1. The third-order valence-electron chi connectivity index (χ3n) is 3.67. The quantitative estimate of drug-likeness (QED) is 0.810. The van der Waals surface area contributed by atoms with Gasteiger partial charge in [0.1, 0.15) is 5.75 Å². The number of carbonyl (C=O) groups excluding carboxylic acids is 2. The second kappa shape index (κ2) is 8.24. The van der Waals surface area contributed by atoms with E-state index < -0.39 is 18.0 Å². The van der Waals surface area contributed by atoms with Gasteiger partial charge < -0.3 is 29.4 Å². The molecule has 2 aromatic rings. The normalized spacial score (nSPS) is 11.4. The van der Waals surface area contributed by atoms with Crippen LogP contribution in [0.15, 0.2) is 36.4 Å². The van der Waals surface area contributed by atoms with Crippen LogP contribution in [0.3, 0.4) is 0 Å². The van der Waals surface area contributed by atoms with Gasteiger partial charge in [-0.3, -0.25) is 4.79 Å². The van der Waals surface area contributed by atoms with Crippen LogP contribution >= 0.6 is 0 Å². The van der Waals surface area contributed by atoms with E-state index in [0.29, 0.717) is 5.75 Å². The molecule has 2 rings (SSSR count). The van der Waals surface area contributed by atoms with E-state index in [4.69, 9.17) is 14.2 Å². The van der Waals surface area contributed by atoms with Crippen molar-refractivity contribution in [2.24, 2.45) is 0 Å². The summed E-state index contributed by atoms with van der Waals surface area (Å²) >= 11 is 0. The SMILES string of the molecule is COc1cc(NC(=O)[C@H](C)Oc2cccc(C)c2)c(C(=O)[O-])cc1OC. The van der Waals surface area contributed by atoms with Crippen molar-refractivity contribution in [3.8, 4) is 17.2 Å². The van der Waals surface area contributed by atoms with Gasteiger partial charge in [0.25, 0.3) is 5.91 Å². The van der Waals surface area contributed by atoms with Crippen LogP contribution in [0.25, 0.3) is 0 Å². The first-order chi connectivity index (χ1) is 12.3. The van der Waals surface area contributed by atoms with Crippen LogP contribution in [0.1, 0.15) is 22.8 Å². The first-order valence-corrected chi connectivity index (χ1v) is 7.87. The smallest absolute Gasteiger partial charge is 0.265 e. The Kier molecular flexibility index (Phi) is 6.06. The Morgan fingerprint density at radius 2 is 1.73 bits per heavy atom. The number of amides is 1. The fourth-order valence-corrected chi connectivity index (χ4v) is 2.33. The Labute approximate surface area is 151 Å². The maximum Gasteiger partial charge on any atom is 0.265 e. The number of rotatable bonds is 7. The average Bonchev–Trinajstić information content (AvgIpc) is 2.60. The van der Waals surface area contributed by atoms with Crippen LogP contribution in [-0.2, 0) is 4.79 Å². The number of hydrogen-bond acceptors (Lipinski definition) is 6. The van der Waals surface area contributed by atoms with Crippen molar-refractivity contribution in [1.82, 2.24) is 0 Å². The molecule has 0 radical (unpaired) electrons. The van der Waals surface area contributed by atoms with Crippen molar-refractivity contribution in [1.29, 1.82) is 0 Å². The van der Waals surface area contributed by atoms with Crippen LogP contribution in [0.5, 0.6) is 17.2 Å². The summed E-state index contributed by atoms with van der Waals surface area (Å²) in [4.78, 5) is 23.8. The van der Waals surface area contributed by atoms with Crippen molar-refractivity contribution >= 4 is 17.6 Å². The lowest BCUT2D eigenvalue weighted by molar-refractivity contribution is -0.254. The molecule has 2 aromatic carbocycles. The second-order valence-corrected chi connectivity index (χ2v) is 5.61. The highest BCUT2D eigenvalue weighted by Gasteiger charge is 2.19. The Hall–Kier alpha value is -3.22. The topological polar surface area (TPSA) is 96.9 Å². The molecule has 0 aromatic heterocycles. The van der Waals surface area contributed by atoms with E-state index >= 15 is 0 Å². The molecule has 0 spiro atoms. The number of carboxylic acid groups (broad SMARTS) is 1. The van der Waals surface area contributed by atoms with Gasteiger partial charge >= 0.3 is 0 Å². The zero-order chi connectivity index (χ0) is 19.3. The number of aromatic carboxylic acids is 1. The van der Waals surface area contributed by atoms with Crippen molar-refractivity contribution in [3.63, 3.8) is 0 Å². The Bertz CT molecular complexity index is 818. The van der Waals surface area contributed by atoms with Gasteiger partial charge in [0, 0.05) is 11.6 Å². The molecule has 0 saturated heterocycles. The highest BCUT2D eigenvalue weighted by Crippen LogP contribution is 2.33. The molecule has 138 valence electrons. The van der Waals surface area contributed by atoms with Gasteiger partial charge in [-0.05, 0) is 37.6 Å². The molecule has 0 aliphatic carbocycles. The van der Waals surface area contributed by atoms with Crippen LogP contribution in [-0.4, -0.2) is 32.2 Å². The number of anilines is 1. The predicted octanol–water partition coefficient (Wildman–Crippen LogP) is 1.78. The average molecular weight is 358 g/mol. The van der Waals surface area contributed by atoms with Crippen LogP contribution in [0.4, 0.5) is 5.69 Å². The van der Waals surface area contributed by atoms with Gasteiger partial charge in [0.15, 0.2) is 17.6 Å². The number of aryl methyl sites for hydroxylation is 1. The molecule has 7 heteroatoms. The minimum atomic E-state index is -1.45. The number of nitrogens with one attached hydrogen (secondary N) is 1. The monoisotopic (exact) mass is 358 g/mol. The number of methoxy groups -OCH3 is 2. The lowest BCUT2D eigenvalue weighted by atomic mass is 10.1.